The molecule has 130 valence electrons. The number of hydrogen-bond acceptors (Lipinski definition) is 4. The number of allylic oxidation sites excluding steroid dienone is 1. The van der Waals surface area contributed by atoms with Gasteiger partial charge in [0.1, 0.15) is 12.4 Å². The van der Waals surface area contributed by atoms with Crippen LogP contribution in [0, 0.1) is 5.82 Å². The van der Waals surface area contributed by atoms with Crippen LogP contribution in [0.3, 0.4) is 0 Å². The van der Waals surface area contributed by atoms with E-state index >= 15 is 0 Å². The van der Waals surface area contributed by atoms with E-state index in [1.165, 1.54) is 12.1 Å². The number of thioether (sulfide) groups is 1. The summed E-state index contributed by atoms with van der Waals surface area (Å²) in [4.78, 5) is 24.4. The standard InChI is InChI=1S/C17H19ClFNO3S/c1-3-24-8-7-23-17(22)15-10(2)20-14(21)9-11(15)16-12(18)5-4-6-13(16)19/h4-6,11H,3,7-9H2,1-2H3,(H,20,21)/t11-/m1/s1. The maximum atomic E-state index is 14.3. The first-order valence-corrected chi connectivity index (χ1v) is 9.18. The van der Waals surface area contributed by atoms with Crippen molar-refractivity contribution in [3.8, 4) is 0 Å². The Balaban J connectivity index is 2.32. The molecule has 0 aromatic heterocycles. The number of halogens is 2. The van der Waals surface area contributed by atoms with E-state index in [0.717, 1.165) is 5.75 Å². The Morgan fingerprint density at radius 3 is 2.92 bits per heavy atom. The first-order valence-electron chi connectivity index (χ1n) is 7.65. The third-order valence-corrected chi connectivity index (χ3v) is 4.90. The van der Waals surface area contributed by atoms with Crippen molar-refractivity contribution in [1.29, 1.82) is 0 Å². The average molecular weight is 372 g/mol. The molecule has 0 fully saturated rings. The van der Waals surface area contributed by atoms with Gasteiger partial charge in [0, 0.05) is 34.4 Å². The SMILES string of the molecule is CCSCCOC(=O)C1=C(C)NC(=O)C[C@H]1c1c(F)cccc1Cl. The lowest BCUT2D eigenvalue weighted by atomic mass is 9.84. The van der Waals surface area contributed by atoms with Crippen LogP contribution < -0.4 is 5.32 Å². The fraction of sp³-hybridized carbons (Fsp3) is 0.412. The van der Waals surface area contributed by atoms with Gasteiger partial charge in [-0.3, -0.25) is 4.79 Å². The second kappa shape index (κ2) is 8.53. The van der Waals surface area contributed by atoms with Gasteiger partial charge in [0.2, 0.25) is 5.91 Å². The molecule has 1 heterocycles. The van der Waals surface area contributed by atoms with E-state index in [0.29, 0.717) is 11.4 Å². The maximum Gasteiger partial charge on any atom is 0.336 e. The normalized spacial score (nSPS) is 17.7. The van der Waals surface area contributed by atoms with Crippen molar-refractivity contribution in [1.82, 2.24) is 5.32 Å². The summed E-state index contributed by atoms with van der Waals surface area (Å²) in [5.41, 5.74) is 0.787. The average Bonchev–Trinajstić information content (AvgIpc) is 2.50. The van der Waals surface area contributed by atoms with Gasteiger partial charge in [-0.05, 0) is 24.8 Å². The molecule has 0 spiro atoms. The Bertz CT molecular complexity index is 658. The molecule has 1 aromatic carbocycles. The smallest absolute Gasteiger partial charge is 0.336 e. The molecule has 1 N–H and O–H groups in total. The van der Waals surface area contributed by atoms with Crippen LogP contribution in [0.25, 0.3) is 0 Å². The number of amides is 1. The molecular weight excluding hydrogens is 353 g/mol. The summed E-state index contributed by atoms with van der Waals surface area (Å²) in [5.74, 6) is -0.501. The largest absolute Gasteiger partial charge is 0.461 e. The van der Waals surface area contributed by atoms with Crippen LogP contribution in [0.15, 0.2) is 29.5 Å². The van der Waals surface area contributed by atoms with E-state index in [2.05, 4.69) is 5.32 Å². The lowest BCUT2D eigenvalue weighted by molar-refractivity contribution is -0.139. The highest BCUT2D eigenvalue weighted by Gasteiger charge is 2.35. The van der Waals surface area contributed by atoms with E-state index in [1.54, 1.807) is 24.8 Å². The van der Waals surface area contributed by atoms with Gasteiger partial charge in [-0.25, -0.2) is 9.18 Å². The minimum absolute atomic E-state index is 0.0495. The molecule has 1 atom stereocenters. The van der Waals surface area contributed by atoms with E-state index in [-0.39, 0.29) is 35.1 Å². The number of hydrogen-bond donors (Lipinski definition) is 1. The van der Waals surface area contributed by atoms with Gasteiger partial charge in [-0.15, -0.1) is 0 Å². The van der Waals surface area contributed by atoms with Gasteiger partial charge in [-0.1, -0.05) is 24.6 Å². The first-order chi connectivity index (χ1) is 11.5. The van der Waals surface area contributed by atoms with Crippen LogP contribution in [0.1, 0.15) is 31.7 Å². The number of nitrogens with one attached hydrogen (secondary N) is 1. The van der Waals surface area contributed by atoms with Crippen LogP contribution >= 0.6 is 23.4 Å². The summed E-state index contributed by atoms with van der Waals surface area (Å²) in [7, 11) is 0. The predicted molar refractivity (Wildman–Crippen MR) is 93.6 cm³/mol. The minimum Gasteiger partial charge on any atom is -0.461 e. The molecule has 0 bridgehead atoms. The third-order valence-electron chi connectivity index (χ3n) is 3.70. The summed E-state index contributed by atoms with van der Waals surface area (Å²) < 4.78 is 19.6. The first kappa shape index (κ1) is 18.8. The van der Waals surface area contributed by atoms with E-state index in [4.69, 9.17) is 16.3 Å². The molecule has 0 saturated heterocycles. The molecule has 7 heteroatoms. The van der Waals surface area contributed by atoms with Gasteiger partial charge in [0.05, 0.1) is 5.57 Å². The lowest BCUT2D eigenvalue weighted by Gasteiger charge is -2.27. The molecule has 24 heavy (non-hydrogen) atoms. The molecule has 0 radical (unpaired) electrons. The molecular formula is C17H19ClFNO3S. The monoisotopic (exact) mass is 371 g/mol. The van der Waals surface area contributed by atoms with Crippen LogP contribution in [-0.4, -0.2) is 30.0 Å². The Hall–Kier alpha value is -1.53. The highest BCUT2D eigenvalue weighted by molar-refractivity contribution is 7.99. The molecule has 1 aliphatic heterocycles. The summed E-state index contributed by atoms with van der Waals surface area (Å²) in [6, 6.07) is 4.30. The Morgan fingerprint density at radius 1 is 1.50 bits per heavy atom. The van der Waals surface area contributed by atoms with Crippen molar-refractivity contribution in [2.45, 2.75) is 26.2 Å². The van der Waals surface area contributed by atoms with Gasteiger partial charge in [0.25, 0.3) is 0 Å². The number of rotatable bonds is 6. The van der Waals surface area contributed by atoms with Gasteiger partial charge in [0.15, 0.2) is 0 Å². The zero-order valence-corrected chi connectivity index (χ0v) is 15.1. The fourth-order valence-corrected chi connectivity index (χ4v) is 3.46. The van der Waals surface area contributed by atoms with Crippen molar-refractivity contribution in [3.63, 3.8) is 0 Å². The Labute approximate surface area is 149 Å². The molecule has 4 nitrogen and oxygen atoms in total. The highest BCUT2D eigenvalue weighted by atomic mass is 35.5. The zero-order chi connectivity index (χ0) is 17.7. The maximum absolute atomic E-state index is 14.3. The van der Waals surface area contributed by atoms with E-state index in [9.17, 15) is 14.0 Å². The predicted octanol–water partition coefficient (Wildman–Crippen LogP) is 3.65. The van der Waals surface area contributed by atoms with Crippen molar-refractivity contribution in [2.75, 3.05) is 18.1 Å². The molecule has 1 aromatic rings. The van der Waals surface area contributed by atoms with Crippen molar-refractivity contribution in [2.24, 2.45) is 0 Å². The van der Waals surface area contributed by atoms with Gasteiger partial charge in [-0.2, -0.15) is 11.8 Å². The van der Waals surface area contributed by atoms with Crippen molar-refractivity contribution in [3.05, 3.63) is 45.9 Å². The minimum atomic E-state index is -0.751. The van der Waals surface area contributed by atoms with Crippen molar-refractivity contribution < 1.29 is 18.7 Å². The Kier molecular flexibility index (Phi) is 6.69. The number of ether oxygens (including phenoxy) is 1. The molecule has 2 rings (SSSR count). The summed E-state index contributed by atoms with van der Waals surface area (Å²) in [5, 5.41) is 2.81. The second-order valence-corrected chi connectivity index (χ2v) is 7.11. The molecule has 0 saturated carbocycles. The number of esters is 1. The van der Waals surface area contributed by atoms with Crippen LogP contribution in [0.4, 0.5) is 4.39 Å². The van der Waals surface area contributed by atoms with E-state index < -0.39 is 17.7 Å². The number of carbonyl (C=O) groups is 2. The quantitative estimate of drug-likeness (QED) is 0.612. The molecule has 1 amide bonds. The molecule has 0 unspecified atom stereocenters. The van der Waals surface area contributed by atoms with Crippen molar-refractivity contribution >= 4 is 35.2 Å². The molecule has 0 aliphatic carbocycles. The third kappa shape index (κ3) is 4.30. The van der Waals surface area contributed by atoms with Crippen LogP contribution in [0.2, 0.25) is 5.02 Å². The summed E-state index contributed by atoms with van der Waals surface area (Å²) in [6.45, 7) is 3.89. The van der Waals surface area contributed by atoms with E-state index in [1.807, 2.05) is 6.92 Å². The molecule has 1 aliphatic rings. The van der Waals surface area contributed by atoms with Gasteiger partial charge < -0.3 is 10.1 Å². The lowest BCUT2D eigenvalue weighted by Crippen LogP contribution is -2.34. The van der Waals surface area contributed by atoms with Gasteiger partial charge >= 0.3 is 5.97 Å². The summed E-state index contributed by atoms with van der Waals surface area (Å²) >= 11 is 7.78. The highest BCUT2D eigenvalue weighted by Crippen LogP contribution is 2.38. The van der Waals surface area contributed by atoms with Crippen LogP contribution in [-0.2, 0) is 14.3 Å². The zero-order valence-electron chi connectivity index (χ0n) is 13.5. The fourth-order valence-electron chi connectivity index (χ4n) is 2.68. The number of carbonyl (C=O) groups excluding carboxylic acids is 2. The Morgan fingerprint density at radius 2 is 2.25 bits per heavy atom. The van der Waals surface area contributed by atoms with Crippen LogP contribution in [0.5, 0.6) is 0 Å². The second-order valence-electron chi connectivity index (χ2n) is 5.31. The summed E-state index contributed by atoms with van der Waals surface area (Å²) in [6.07, 6.45) is -0.0495. The number of benzene rings is 1. The topological polar surface area (TPSA) is 55.4 Å².